The van der Waals surface area contributed by atoms with Crippen LogP contribution in [0.3, 0.4) is 0 Å². The van der Waals surface area contributed by atoms with E-state index in [9.17, 15) is 9.59 Å². The van der Waals surface area contributed by atoms with E-state index in [1.165, 1.54) is 0 Å². The lowest BCUT2D eigenvalue weighted by atomic mass is 9.89. The van der Waals surface area contributed by atoms with Gasteiger partial charge in [-0.05, 0) is 18.9 Å². The molecule has 0 saturated carbocycles. The second-order valence-corrected chi connectivity index (χ2v) is 5.71. The average molecular weight is 275 g/mol. The molecule has 1 aliphatic rings. The van der Waals surface area contributed by atoms with Crippen molar-refractivity contribution in [1.82, 2.24) is 4.90 Å². The Balaban J connectivity index is 1.95. The molecular formula is C15H21N3O2. The van der Waals surface area contributed by atoms with E-state index >= 15 is 0 Å². The van der Waals surface area contributed by atoms with Gasteiger partial charge < -0.3 is 16.4 Å². The van der Waals surface area contributed by atoms with Crippen LogP contribution in [0.2, 0.25) is 0 Å². The van der Waals surface area contributed by atoms with Crippen molar-refractivity contribution >= 4 is 11.8 Å². The molecule has 5 heteroatoms. The summed E-state index contributed by atoms with van der Waals surface area (Å²) in [5.74, 6) is -0.369. The first kappa shape index (κ1) is 14.5. The van der Waals surface area contributed by atoms with Crippen LogP contribution < -0.4 is 11.5 Å². The molecular weight excluding hydrogens is 254 g/mol. The molecule has 20 heavy (non-hydrogen) atoms. The van der Waals surface area contributed by atoms with E-state index < -0.39 is 5.41 Å². The molecule has 108 valence electrons. The lowest BCUT2D eigenvalue weighted by Gasteiger charge is -2.22. The van der Waals surface area contributed by atoms with Crippen molar-refractivity contribution in [3.05, 3.63) is 35.9 Å². The van der Waals surface area contributed by atoms with Crippen molar-refractivity contribution in [2.75, 3.05) is 13.1 Å². The molecule has 2 unspecified atom stereocenters. The fourth-order valence-corrected chi connectivity index (χ4v) is 2.51. The Kier molecular flexibility index (Phi) is 4.09. The van der Waals surface area contributed by atoms with E-state index in [1.807, 2.05) is 30.3 Å². The van der Waals surface area contributed by atoms with Gasteiger partial charge in [0.05, 0.1) is 5.41 Å². The number of amides is 2. The van der Waals surface area contributed by atoms with Crippen molar-refractivity contribution in [2.45, 2.75) is 25.8 Å². The fraction of sp³-hybridized carbons (Fsp3) is 0.467. The minimum Gasteiger partial charge on any atom is -0.369 e. The predicted octanol–water partition coefficient (Wildman–Crippen LogP) is 0.800. The molecule has 1 aromatic rings. The van der Waals surface area contributed by atoms with Crippen molar-refractivity contribution in [2.24, 2.45) is 16.9 Å². The molecule has 2 atom stereocenters. The van der Waals surface area contributed by atoms with Gasteiger partial charge in [0.1, 0.15) is 0 Å². The highest BCUT2D eigenvalue weighted by Gasteiger charge is 2.40. The molecule has 0 bridgehead atoms. The second-order valence-electron chi connectivity index (χ2n) is 5.71. The third-order valence-electron chi connectivity index (χ3n) is 4.04. The number of rotatable bonds is 4. The zero-order valence-electron chi connectivity index (χ0n) is 11.7. The Bertz CT molecular complexity index is 503. The monoisotopic (exact) mass is 275 g/mol. The molecule has 0 aliphatic carbocycles. The zero-order valence-corrected chi connectivity index (χ0v) is 11.7. The van der Waals surface area contributed by atoms with Gasteiger partial charge >= 0.3 is 0 Å². The van der Waals surface area contributed by atoms with E-state index in [0.29, 0.717) is 19.5 Å². The lowest BCUT2D eigenvalue weighted by Crippen LogP contribution is -2.39. The van der Waals surface area contributed by atoms with Crippen LogP contribution in [-0.2, 0) is 9.59 Å². The number of likely N-dealkylation sites (tertiary alicyclic amines) is 1. The quantitative estimate of drug-likeness (QED) is 0.851. The summed E-state index contributed by atoms with van der Waals surface area (Å²) < 4.78 is 0. The van der Waals surface area contributed by atoms with Crippen LogP contribution in [0.5, 0.6) is 0 Å². The SMILES string of the molecule is CC1(C(N)=O)CCN(C(=O)CC(N)c2ccccc2)C1. The summed E-state index contributed by atoms with van der Waals surface area (Å²) in [4.78, 5) is 25.3. The lowest BCUT2D eigenvalue weighted by molar-refractivity contribution is -0.132. The number of primary amides is 1. The summed E-state index contributed by atoms with van der Waals surface area (Å²) in [6, 6.07) is 9.23. The van der Waals surface area contributed by atoms with Crippen LogP contribution in [0, 0.1) is 5.41 Å². The Morgan fingerprint density at radius 1 is 1.35 bits per heavy atom. The molecule has 1 saturated heterocycles. The first-order chi connectivity index (χ1) is 9.42. The fourth-order valence-electron chi connectivity index (χ4n) is 2.51. The number of hydrogen-bond donors (Lipinski definition) is 2. The highest BCUT2D eigenvalue weighted by atomic mass is 16.2. The van der Waals surface area contributed by atoms with Gasteiger partial charge in [0.15, 0.2) is 0 Å². The molecule has 0 aromatic heterocycles. The third-order valence-corrected chi connectivity index (χ3v) is 4.04. The number of nitrogens with zero attached hydrogens (tertiary/aromatic N) is 1. The van der Waals surface area contributed by atoms with Crippen LogP contribution in [0.1, 0.15) is 31.4 Å². The van der Waals surface area contributed by atoms with Gasteiger partial charge in [0.2, 0.25) is 11.8 Å². The maximum Gasteiger partial charge on any atom is 0.225 e. The van der Waals surface area contributed by atoms with Crippen LogP contribution in [0.15, 0.2) is 30.3 Å². The third kappa shape index (κ3) is 2.99. The van der Waals surface area contributed by atoms with E-state index in [0.717, 1.165) is 5.56 Å². The number of hydrogen-bond acceptors (Lipinski definition) is 3. The summed E-state index contributed by atoms with van der Waals surface area (Å²) >= 11 is 0. The smallest absolute Gasteiger partial charge is 0.225 e. The number of benzene rings is 1. The first-order valence-electron chi connectivity index (χ1n) is 6.80. The molecule has 1 fully saturated rings. The van der Waals surface area contributed by atoms with E-state index in [2.05, 4.69) is 0 Å². The Hall–Kier alpha value is -1.88. The summed E-state index contributed by atoms with van der Waals surface area (Å²) in [5.41, 5.74) is 11.8. The highest BCUT2D eigenvalue weighted by molar-refractivity contribution is 5.84. The van der Waals surface area contributed by atoms with Gasteiger partial charge in [-0.15, -0.1) is 0 Å². The minimum atomic E-state index is -0.605. The number of carbonyl (C=O) groups is 2. The van der Waals surface area contributed by atoms with E-state index in [4.69, 9.17) is 11.5 Å². The molecule has 0 radical (unpaired) electrons. The van der Waals surface area contributed by atoms with Gasteiger partial charge in [-0.2, -0.15) is 0 Å². The molecule has 2 amide bonds. The summed E-state index contributed by atoms with van der Waals surface area (Å²) in [6.07, 6.45) is 0.869. The van der Waals surface area contributed by atoms with Crippen LogP contribution in [-0.4, -0.2) is 29.8 Å². The van der Waals surface area contributed by atoms with E-state index in [-0.39, 0.29) is 24.3 Å². The molecule has 1 heterocycles. The molecule has 4 N–H and O–H groups in total. The number of carbonyl (C=O) groups excluding carboxylic acids is 2. The summed E-state index contributed by atoms with van der Waals surface area (Å²) in [6.45, 7) is 2.77. The molecule has 5 nitrogen and oxygen atoms in total. The van der Waals surface area contributed by atoms with Gasteiger partial charge in [-0.25, -0.2) is 0 Å². The van der Waals surface area contributed by atoms with E-state index in [1.54, 1.807) is 11.8 Å². The standard InChI is InChI=1S/C15H21N3O2/c1-15(14(17)20)7-8-18(10-15)13(19)9-12(16)11-5-3-2-4-6-11/h2-6,12H,7-10,16H2,1H3,(H2,17,20). The Morgan fingerprint density at radius 3 is 2.55 bits per heavy atom. The normalized spacial score (nSPS) is 23.6. The van der Waals surface area contributed by atoms with Gasteiger partial charge in [0, 0.05) is 25.6 Å². The first-order valence-corrected chi connectivity index (χ1v) is 6.80. The highest BCUT2D eigenvalue weighted by Crippen LogP contribution is 2.30. The molecule has 0 spiro atoms. The Morgan fingerprint density at radius 2 is 2.00 bits per heavy atom. The van der Waals surface area contributed by atoms with Crippen LogP contribution >= 0.6 is 0 Å². The van der Waals surface area contributed by atoms with Gasteiger partial charge in [0.25, 0.3) is 0 Å². The van der Waals surface area contributed by atoms with Crippen molar-refractivity contribution in [3.63, 3.8) is 0 Å². The van der Waals surface area contributed by atoms with Crippen molar-refractivity contribution < 1.29 is 9.59 Å². The maximum atomic E-state index is 12.2. The van der Waals surface area contributed by atoms with Crippen LogP contribution in [0.25, 0.3) is 0 Å². The largest absolute Gasteiger partial charge is 0.369 e. The maximum absolute atomic E-state index is 12.2. The average Bonchev–Trinajstić information content (AvgIpc) is 2.84. The Labute approximate surface area is 118 Å². The summed E-state index contributed by atoms with van der Waals surface area (Å²) in [5, 5.41) is 0. The second kappa shape index (κ2) is 5.63. The predicted molar refractivity (Wildman–Crippen MR) is 76.5 cm³/mol. The van der Waals surface area contributed by atoms with Gasteiger partial charge in [-0.1, -0.05) is 30.3 Å². The van der Waals surface area contributed by atoms with Crippen LogP contribution in [0.4, 0.5) is 0 Å². The molecule has 2 rings (SSSR count). The zero-order chi connectivity index (χ0) is 14.8. The molecule has 1 aliphatic heterocycles. The summed E-state index contributed by atoms with van der Waals surface area (Å²) in [7, 11) is 0. The van der Waals surface area contributed by atoms with Gasteiger partial charge in [-0.3, -0.25) is 9.59 Å². The number of nitrogens with two attached hydrogens (primary N) is 2. The van der Waals surface area contributed by atoms with Crippen molar-refractivity contribution in [1.29, 1.82) is 0 Å². The minimum absolute atomic E-state index is 0.0219. The van der Waals surface area contributed by atoms with Crippen molar-refractivity contribution in [3.8, 4) is 0 Å². The molecule has 1 aromatic carbocycles. The topological polar surface area (TPSA) is 89.4 Å².